The van der Waals surface area contributed by atoms with E-state index < -0.39 is 19.9 Å². The van der Waals surface area contributed by atoms with Gasteiger partial charge in [-0.15, -0.1) is 0 Å². The Kier molecular flexibility index (Phi) is 6.37. The van der Waals surface area contributed by atoms with Gasteiger partial charge >= 0.3 is 19.8 Å². The second-order valence-electron chi connectivity index (χ2n) is 6.99. The van der Waals surface area contributed by atoms with Crippen LogP contribution in [0.3, 0.4) is 0 Å². The van der Waals surface area contributed by atoms with Gasteiger partial charge in [-0.25, -0.2) is 9.36 Å². The van der Waals surface area contributed by atoms with E-state index in [9.17, 15) is 14.3 Å². The Hall–Kier alpha value is -3.03. The van der Waals surface area contributed by atoms with Crippen molar-refractivity contribution in [1.29, 1.82) is 0 Å². The monoisotopic (exact) mass is 516 g/mol. The van der Waals surface area contributed by atoms with Crippen LogP contribution < -0.4 is 9.26 Å². The molecule has 5 rings (SSSR count). The molecular weight excluding hydrogens is 501 g/mol. The molecule has 1 aromatic heterocycles. The van der Waals surface area contributed by atoms with Gasteiger partial charge in [-0.1, -0.05) is 36.4 Å². The summed E-state index contributed by atoms with van der Waals surface area (Å²) in [7, 11) is -3.35. The van der Waals surface area contributed by atoms with Crippen LogP contribution in [0.1, 0.15) is 27.6 Å². The molecule has 2 heterocycles. The fourth-order valence-corrected chi connectivity index (χ4v) is 4.36. The van der Waals surface area contributed by atoms with E-state index in [-0.39, 0.29) is 25.5 Å². The molecule has 0 fully saturated rings. The number of methoxy groups -OCH3 is 1. The summed E-state index contributed by atoms with van der Waals surface area (Å²) in [6.07, 6.45) is -0.887. The number of H-pyrrole nitrogens is 1. The summed E-state index contributed by atoms with van der Waals surface area (Å²) in [5, 5.41) is 0. The van der Waals surface area contributed by atoms with E-state index in [2.05, 4.69) is 9.97 Å². The fourth-order valence-electron chi connectivity index (χ4n) is 3.52. The number of ether oxygens (including phenoxy) is 2. The molecular formula is C22H17N2O7PZn. The maximum atomic E-state index is 12.9. The Morgan fingerprint density at radius 3 is 2.33 bits per heavy atom. The number of nitrogens with zero attached hydrogens (tertiary/aromatic N) is 1. The minimum Gasteiger partial charge on any atom is -0.465 e. The molecule has 0 aliphatic carbocycles. The average Bonchev–Trinajstić information content (AvgIpc) is 3.18. The predicted octanol–water partition coefficient (Wildman–Crippen LogP) is 4.74. The number of benzene rings is 3. The second kappa shape index (κ2) is 9.08. The van der Waals surface area contributed by atoms with Crippen LogP contribution in [-0.2, 0) is 33.3 Å². The number of rotatable bonds is 5. The molecule has 0 radical (unpaired) electrons. The van der Waals surface area contributed by atoms with Gasteiger partial charge < -0.3 is 19.0 Å². The molecule has 1 aliphatic rings. The van der Waals surface area contributed by atoms with Gasteiger partial charge in [0.2, 0.25) is 0 Å². The molecule has 0 saturated carbocycles. The smallest absolute Gasteiger partial charge is 0.465 e. The molecule has 1 atom stereocenters. The Morgan fingerprint density at radius 2 is 1.70 bits per heavy atom. The third-order valence-corrected chi connectivity index (χ3v) is 5.83. The van der Waals surface area contributed by atoms with Crippen molar-refractivity contribution in [2.75, 3.05) is 7.11 Å². The van der Waals surface area contributed by atoms with E-state index in [4.69, 9.17) is 18.5 Å². The number of hydrogen-bond donors (Lipinski definition) is 2. The van der Waals surface area contributed by atoms with Gasteiger partial charge in [-0.3, -0.25) is 9.42 Å². The Bertz CT molecular complexity index is 1340. The molecule has 2 N–H and O–H groups in total. The van der Waals surface area contributed by atoms with Gasteiger partial charge in [0.05, 0.1) is 23.7 Å². The van der Waals surface area contributed by atoms with Gasteiger partial charge in [0.15, 0.2) is 0 Å². The number of aromatic amines is 1. The predicted molar refractivity (Wildman–Crippen MR) is 114 cm³/mol. The molecule has 9 nitrogen and oxygen atoms in total. The summed E-state index contributed by atoms with van der Waals surface area (Å²) in [5.41, 5.74) is 2.36. The van der Waals surface area contributed by atoms with Gasteiger partial charge in [-0.05, 0) is 30.3 Å². The van der Waals surface area contributed by atoms with Crippen molar-refractivity contribution in [3.05, 3.63) is 83.4 Å². The molecule has 0 bridgehead atoms. The van der Waals surface area contributed by atoms with Gasteiger partial charge in [-0.2, -0.15) is 4.98 Å². The topological polar surface area (TPSA) is 120 Å². The number of carbonyl (C=O) groups is 1. The minimum absolute atomic E-state index is 0. The Labute approximate surface area is 201 Å². The molecule has 0 spiro atoms. The maximum absolute atomic E-state index is 12.9. The molecule has 164 valence electrons. The van der Waals surface area contributed by atoms with Crippen LogP contribution in [0.25, 0.3) is 11.0 Å². The third-order valence-electron chi connectivity index (χ3n) is 4.94. The van der Waals surface area contributed by atoms with E-state index in [1.165, 1.54) is 19.2 Å². The summed E-state index contributed by atoms with van der Waals surface area (Å²) >= 11 is 0. The number of phosphoric acid groups is 1. The normalized spacial score (nSPS) is 14.2. The third kappa shape index (κ3) is 4.56. The Morgan fingerprint density at radius 1 is 1.06 bits per heavy atom. The maximum Gasteiger partial charge on any atom is 0.530 e. The number of aromatic nitrogens is 2. The molecule has 1 unspecified atom stereocenters. The van der Waals surface area contributed by atoms with Crippen molar-refractivity contribution < 1.29 is 52.3 Å². The Balaban J connectivity index is 0.00000259. The summed E-state index contributed by atoms with van der Waals surface area (Å²) in [6.45, 7) is 0. The van der Waals surface area contributed by atoms with Crippen LogP contribution in [0.2, 0.25) is 0 Å². The van der Waals surface area contributed by atoms with Gasteiger partial charge in [0, 0.05) is 30.6 Å². The zero-order valence-electron chi connectivity index (χ0n) is 17.4. The largest absolute Gasteiger partial charge is 0.530 e. The van der Waals surface area contributed by atoms with E-state index >= 15 is 0 Å². The molecule has 11 heteroatoms. The van der Waals surface area contributed by atoms with Crippen molar-refractivity contribution >= 4 is 24.8 Å². The number of para-hydroxylation sites is 2. The SMILES string of the molecule is COC(=O)c1ccc2nc(OP(=O)(O)OC3c4ccccc4Oc4ccccc43)[nH]c2c1.[Zn]. The first-order valence-corrected chi connectivity index (χ1v) is 11.1. The summed E-state index contributed by atoms with van der Waals surface area (Å²) in [5.74, 6) is 0.530. The number of imidazole rings is 1. The van der Waals surface area contributed by atoms with E-state index in [0.29, 0.717) is 39.2 Å². The zero-order chi connectivity index (χ0) is 22.3. The minimum atomic E-state index is -4.63. The van der Waals surface area contributed by atoms with Crippen molar-refractivity contribution in [2.45, 2.75) is 6.10 Å². The van der Waals surface area contributed by atoms with Gasteiger partial charge in [0.1, 0.15) is 17.6 Å². The number of fused-ring (bicyclic) bond motifs is 3. The molecule has 0 saturated heterocycles. The van der Waals surface area contributed by atoms with Crippen molar-refractivity contribution in [2.24, 2.45) is 0 Å². The number of phosphoric ester groups is 1. The van der Waals surface area contributed by atoms with Crippen molar-refractivity contribution in [3.8, 4) is 17.5 Å². The van der Waals surface area contributed by atoms with Crippen molar-refractivity contribution in [1.82, 2.24) is 9.97 Å². The van der Waals surface area contributed by atoms with Crippen LogP contribution in [0, 0.1) is 0 Å². The fraction of sp³-hybridized carbons (Fsp3) is 0.0909. The van der Waals surface area contributed by atoms with E-state index in [1.54, 1.807) is 54.6 Å². The first-order chi connectivity index (χ1) is 15.4. The molecule has 0 amide bonds. The van der Waals surface area contributed by atoms with E-state index in [1.807, 2.05) is 0 Å². The van der Waals surface area contributed by atoms with Gasteiger partial charge in [0.25, 0.3) is 0 Å². The first kappa shape index (κ1) is 23.1. The molecule has 4 aromatic rings. The number of hydrogen-bond acceptors (Lipinski definition) is 7. The average molecular weight is 518 g/mol. The zero-order valence-corrected chi connectivity index (χ0v) is 21.3. The number of esters is 1. The van der Waals surface area contributed by atoms with Crippen LogP contribution in [0.15, 0.2) is 66.7 Å². The molecule has 33 heavy (non-hydrogen) atoms. The summed E-state index contributed by atoms with van der Waals surface area (Å²) in [6, 6.07) is 18.6. The standard InChI is InChI=1S/C22H17N2O7P.Zn/c1-28-21(25)13-10-11-16-17(12-13)24-22(23-16)31-32(26,27)30-20-14-6-2-4-8-18(14)29-19-9-5-3-7-15(19)20;/h2-12,20H,1H3,(H,23,24)(H,26,27);. The van der Waals surface area contributed by atoms with Crippen LogP contribution in [0.5, 0.6) is 17.5 Å². The van der Waals surface area contributed by atoms with Crippen molar-refractivity contribution in [3.63, 3.8) is 0 Å². The first-order valence-electron chi connectivity index (χ1n) is 9.58. The van der Waals surface area contributed by atoms with E-state index in [0.717, 1.165) is 0 Å². The quantitative estimate of drug-likeness (QED) is 0.221. The summed E-state index contributed by atoms with van der Waals surface area (Å²) in [4.78, 5) is 29.1. The molecule has 1 aliphatic heterocycles. The molecule has 3 aromatic carbocycles. The summed E-state index contributed by atoms with van der Waals surface area (Å²) < 4.78 is 34.3. The van der Waals surface area contributed by atoms with Crippen LogP contribution in [-0.4, -0.2) is 27.9 Å². The van der Waals surface area contributed by atoms with Crippen LogP contribution >= 0.6 is 7.82 Å². The second-order valence-corrected chi connectivity index (χ2v) is 8.32. The number of carbonyl (C=O) groups excluding carboxylic acids is 1. The number of nitrogens with one attached hydrogen (secondary N) is 1. The van der Waals surface area contributed by atoms with Crippen LogP contribution in [0.4, 0.5) is 0 Å².